The van der Waals surface area contributed by atoms with Gasteiger partial charge in [0.1, 0.15) is 24.3 Å². The Morgan fingerprint density at radius 3 is 2.69 bits per heavy atom. The number of halogens is 2. The molecule has 1 aromatic heterocycles. The third-order valence-electron chi connectivity index (χ3n) is 6.97. The fourth-order valence-corrected chi connectivity index (χ4v) is 5.30. The summed E-state index contributed by atoms with van der Waals surface area (Å²) in [5, 5.41) is 3.28. The van der Waals surface area contributed by atoms with E-state index in [1.807, 2.05) is 0 Å². The van der Waals surface area contributed by atoms with Crippen LogP contribution in [0.1, 0.15) is 36.9 Å². The number of Topliss-reactive ketones (excluding diaryl/α,β-unsaturated/α-hetero) is 1. The molecule has 0 spiro atoms. The molecule has 3 aliphatic rings. The number of carbonyl (C=O) groups is 3. The minimum Gasteiger partial charge on any atom is -0.371 e. The number of fused-ring (bicyclic) bond motifs is 3. The van der Waals surface area contributed by atoms with Crippen LogP contribution >= 0.6 is 0 Å². The number of aromatic nitrogens is 1. The van der Waals surface area contributed by atoms with Crippen LogP contribution in [0.25, 0.3) is 10.9 Å². The summed E-state index contributed by atoms with van der Waals surface area (Å²) in [5.41, 5.74) is 1.79. The standard InChI is InChI=1S/C23H25F2N3O4/c24-12-7-16-13-5-6-28(9-18(13)26-21(16)17(25)8-12)23(31)15-4-2-1-3-14(15)22(30)27-19-10-32-11-20(19)29/h7-8,14-15,19,26H,1-6,9-11H2,(H,27,30). The Morgan fingerprint density at radius 1 is 1.16 bits per heavy atom. The van der Waals surface area contributed by atoms with E-state index >= 15 is 0 Å². The summed E-state index contributed by atoms with van der Waals surface area (Å²) in [7, 11) is 0. The van der Waals surface area contributed by atoms with Crippen molar-refractivity contribution in [2.45, 2.75) is 44.7 Å². The van der Waals surface area contributed by atoms with E-state index in [-0.39, 0.29) is 42.9 Å². The van der Waals surface area contributed by atoms with Gasteiger partial charge in [0.15, 0.2) is 5.78 Å². The van der Waals surface area contributed by atoms with Crippen LogP contribution in [0.5, 0.6) is 0 Å². The number of nitrogens with zero attached hydrogens (tertiary/aromatic N) is 1. The largest absolute Gasteiger partial charge is 0.371 e. The van der Waals surface area contributed by atoms with Crippen molar-refractivity contribution in [3.63, 3.8) is 0 Å². The first-order chi connectivity index (χ1) is 15.4. The van der Waals surface area contributed by atoms with Crippen molar-refractivity contribution in [3.05, 3.63) is 35.0 Å². The van der Waals surface area contributed by atoms with Crippen molar-refractivity contribution in [1.29, 1.82) is 0 Å². The highest BCUT2D eigenvalue weighted by molar-refractivity contribution is 5.94. The predicted octanol–water partition coefficient (Wildman–Crippen LogP) is 2.22. The van der Waals surface area contributed by atoms with E-state index < -0.39 is 29.5 Å². The first-order valence-electron chi connectivity index (χ1n) is 11.1. The molecule has 5 rings (SSSR count). The van der Waals surface area contributed by atoms with Crippen molar-refractivity contribution in [2.75, 3.05) is 19.8 Å². The lowest BCUT2D eigenvalue weighted by molar-refractivity contribution is -0.144. The van der Waals surface area contributed by atoms with E-state index in [9.17, 15) is 23.2 Å². The Kier molecular flexibility index (Phi) is 5.44. The summed E-state index contributed by atoms with van der Waals surface area (Å²) in [6, 6.07) is 1.53. The number of aromatic amines is 1. The molecule has 3 atom stereocenters. The zero-order valence-corrected chi connectivity index (χ0v) is 17.6. The van der Waals surface area contributed by atoms with E-state index in [4.69, 9.17) is 4.74 Å². The van der Waals surface area contributed by atoms with Gasteiger partial charge >= 0.3 is 0 Å². The molecule has 1 saturated heterocycles. The van der Waals surface area contributed by atoms with Crippen molar-refractivity contribution < 1.29 is 27.9 Å². The van der Waals surface area contributed by atoms with Gasteiger partial charge in [-0.25, -0.2) is 8.78 Å². The normalized spacial score (nSPS) is 25.8. The van der Waals surface area contributed by atoms with E-state index in [2.05, 4.69) is 10.3 Å². The first kappa shape index (κ1) is 21.1. The van der Waals surface area contributed by atoms with E-state index in [0.717, 1.165) is 24.5 Å². The Balaban J connectivity index is 1.33. The number of ether oxygens (including phenoxy) is 1. The summed E-state index contributed by atoms with van der Waals surface area (Å²) in [5.74, 6) is -2.74. The summed E-state index contributed by atoms with van der Waals surface area (Å²) in [4.78, 5) is 42.9. The molecule has 2 fully saturated rings. The monoisotopic (exact) mass is 445 g/mol. The molecule has 170 valence electrons. The van der Waals surface area contributed by atoms with Crippen LogP contribution in [-0.2, 0) is 32.1 Å². The number of H-pyrrole nitrogens is 1. The van der Waals surface area contributed by atoms with Crippen LogP contribution in [0.2, 0.25) is 0 Å². The number of rotatable bonds is 3. The van der Waals surface area contributed by atoms with Crippen molar-refractivity contribution in [2.24, 2.45) is 11.8 Å². The van der Waals surface area contributed by atoms with Crippen LogP contribution in [0, 0.1) is 23.5 Å². The topological polar surface area (TPSA) is 91.5 Å². The highest BCUT2D eigenvalue weighted by atomic mass is 19.1. The van der Waals surface area contributed by atoms with Crippen molar-refractivity contribution in [1.82, 2.24) is 15.2 Å². The predicted molar refractivity (Wildman–Crippen MR) is 111 cm³/mol. The maximum absolute atomic E-state index is 14.2. The number of hydrogen-bond acceptors (Lipinski definition) is 4. The maximum atomic E-state index is 14.2. The van der Waals surface area contributed by atoms with Crippen LogP contribution < -0.4 is 5.32 Å². The molecule has 2 aromatic rings. The number of ketones is 1. The van der Waals surface area contributed by atoms with Gasteiger partial charge in [0.2, 0.25) is 11.8 Å². The van der Waals surface area contributed by atoms with Gasteiger partial charge in [-0.3, -0.25) is 14.4 Å². The molecular weight excluding hydrogens is 420 g/mol. The molecule has 32 heavy (non-hydrogen) atoms. The van der Waals surface area contributed by atoms with Crippen LogP contribution in [0.3, 0.4) is 0 Å². The smallest absolute Gasteiger partial charge is 0.226 e. The third-order valence-corrected chi connectivity index (χ3v) is 6.97. The Hall–Kier alpha value is -2.81. The molecule has 7 nitrogen and oxygen atoms in total. The summed E-state index contributed by atoms with van der Waals surface area (Å²) in [6.07, 6.45) is 3.42. The van der Waals surface area contributed by atoms with Gasteiger partial charge < -0.3 is 19.9 Å². The number of amides is 2. The SMILES string of the molecule is O=C1COCC1NC(=O)C1CCCCC1C(=O)N1CCc2c([nH]c3c(F)cc(F)cc23)C1. The van der Waals surface area contributed by atoms with Gasteiger partial charge in [-0.05, 0) is 30.9 Å². The molecule has 9 heteroatoms. The van der Waals surface area contributed by atoms with Gasteiger partial charge in [-0.15, -0.1) is 0 Å². The number of carbonyl (C=O) groups excluding carboxylic acids is 3. The van der Waals surface area contributed by atoms with Crippen molar-refractivity contribution in [3.8, 4) is 0 Å². The van der Waals surface area contributed by atoms with Gasteiger partial charge in [0, 0.05) is 35.5 Å². The van der Waals surface area contributed by atoms with Gasteiger partial charge in [0.25, 0.3) is 0 Å². The first-order valence-corrected chi connectivity index (χ1v) is 11.1. The fourth-order valence-electron chi connectivity index (χ4n) is 5.30. The number of nitrogens with one attached hydrogen (secondary N) is 2. The lowest BCUT2D eigenvalue weighted by Crippen LogP contribution is -2.49. The molecule has 0 radical (unpaired) electrons. The third kappa shape index (κ3) is 3.68. The van der Waals surface area contributed by atoms with E-state index in [1.165, 1.54) is 6.07 Å². The average Bonchev–Trinajstić information content (AvgIpc) is 3.36. The summed E-state index contributed by atoms with van der Waals surface area (Å²) >= 11 is 0. The molecule has 3 heterocycles. The molecule has 0 bridgehead atoms. The Bertz CT molecular complexity index is 1100. The molecule has 1 saturated carbocycles. The summed E-state index contributed by atoms with van der Waals surface area (Å²) in [6.45, 7) is 0.867. The van der Waals surface area contributed by atoms with Gasteiger partial charge in [-0.2, -0.15) is 0 Å². The van der Waals surface area contributed by atoms with Gasteiger partial charge in [-0.1, -0.05) is 12.8 Å². The van der Waals surface area contributed by atoms with Crippen molar-refractivity contribution >= 4 is 28.5 Å². The second kappa shape index (κ2) is 8.27. The molecule has 2 amide bonds. The average molecular weight is 445 g/mol. The zero-order valence-electron chi connectivity index (χ0n) is 17.6. The molecular formula is C23H25F2N3O4. The Morgan fingerprint density at radius 2 is 1.94 bits per heavy atom. The zero-order chi connectivity index (χ0) is 22.4. The lowest BCUT2D eigenvalue weighted by atomic mass is 9.77. The minimum atomic E-state index is -0.651. The number of benzene rings is 1. The fraction of sp³-hybridized carbons (Fsp3) is 0.522. The quantitative estimate of drug-likeness (QED) is 0.758. The highest BCUT2D eigenvalue weighted by Crippen LogP contribution is 2.35. The molecule has 2 aliphatic heterocycles. The molecule has 3 unspecified atom stereocenters. The molecule has 1 aromatic carbocycles. The van der Waals surface area contributed by atoms with Gasteiger partial charge in [0.05, 0.1) is 18.7 Å². The van der Waals surface area contributed by atoms with E-state index in [1.54, 1.807) is 4.90 Å². The second-order valence-electron chi connectivity index (χ2n) is 8.94. The highest BCUT2D eigenvalue weighted by Gasteiger charge is 2.40. The Labute approximate surface area is 183 Å². The second-order valence-corrected chi connectivity index (χ2v) is 8.94. The minimum absolute atomic E-state index is 0.00305. The van der Waals surface area contributed by atoms with Crippen LogP contribution in [0.15, 0.2) is 12.1 Å². The number of hydrogen-bond donors (Lipinski definition) is 2. The molecule has 1 aliphatic carbocycles. The van der Waals surface area contributed by atoms with Crippen LogP contribution in [0.4, 0.5) is 8.78 Å². The van der Waals surface area contributed by atoms with Crippen LogP contribution in [-0.4, -0.2) is 53.3 Å². The summed E-state index contributed by atoms with van der Waals surface area (Å²) < 4.78 is 33.0. The maximum Gasteiger partial charge on any atom is 0.226 e. The lowest BCUT2D eigenvalue weighted by Gasteiger charge is -2.36. The molecule has 2 N–H and O–H groups in total. The van der Waals surface area contributed by atoms with E-state index in [0.29, 0.717) is 36.9 Å².